The van der Waals surface area contributed by atoms with Gasteiger partial charge in [-0.25, -0.2) is 0 Å². The second-order valence-corrected chi connectivity index (χ2v) is 5.90. The Morgan fingerprint density at radius 3 is 3.00 bits per heavy atom. The van der Waals surface area contributed by atoms with Crippen LogP contribution in [0.1, 0.15) is 25.3 Å². The second kappa shape index (κ2) is 7.87. The van der Waals surface area contributed by atoms with Gasteiger partial charge in [-0.3, -0.25) is 0 Å². The number of likely N-dealkylation sites (tertiary alicyclic amines) is 1. The van der Waals surface area contributed by atoms with Crippen LogP contribution in [0, 0.1) is 5.92 Å². The molecule has 0 radical (unpaired) electrons. The molecule has 20 heavy (non-hydrogen) atoms. The van der Waals surface area contributed by atoms with Crippen molar-refractivity contribution < 1.29 is 4.74 Å². The molecule has 112 valence electrons. The first-order valence-corrected chi connectivity index (χ1v) is 7.94. The topological polar surface area (TPSA) is 38.5 Å². The lowest BCUT2D eigenvalue weighted by molar-refractivity contribution is 0.180. The molecule has 1 aliphatic heterocycles. The van der Waals surface area contributed by atoms with Crippen LogP contribution in [0.2, 0.25) is 5.02 Å². The predicted octanol–water partition coefficient (Wildman–Crippen LogP) is 2.95. The zero-order valence-corrected chi connectivity index (χ0v) is 13.0. The van der Waals surface area contributed by atoms with Crippen molar-refractivity contribution in [2.45, 2.75) is 26.2 Å². The Balaban J connectivity index is 1.86. The molecule has 1 atom stereocenters. The second-order valence-electron chi connectivity index (χ2n) is 5.49. The minimum absolute atomic E-state index is 0.646. The Kier molecular flexibility index (Phi) is 6.14. The fourth-order valence-electron chi connectivity index (χ4n) is 2.81. The van der Waals surface area contributed by atoms with Crippen molar-refractivity contribution in [1.29, 1.82) is 0 Å². The molecule has 0 amide bonds. The van der Waals surface area contributed by atoms with Crippen molar-refractivity contribution in [3.05, 3.63) is 28.8 Å². The van der Waals surface area contributed by atoms with Gasteiger partial charge in [0.25, 0.3) is 0 Å². The smallest absolute Gasteiger partial charge is 0.137 e. The van der Waals surface area contributed by atoms with Gasteiger partial charge in [-0.2, -0.15) is 0 Å². The molecule has 3 nitrogen and oxygen atoms in total. The van der Waals surface area contributed by atoms with E-state index in [1.165, 1.54) is 24.9 Å². The van der Waals surface area contributed by atoms with Crippen LogP contribution in [0.3, 0.4) is 0 Å². The van der Waals surface area contributed by atoms with Crippen LogP contribution in [-0.4, -0.2) is 37.7 Å². The van der Waals surface area contributed by atoms with Crippen molar-refractivity contribution in [3.63, 3.8) is 0 Å². The van der Waals surface area contributed by atoms with E-state index in [1.54, 1.807) is 0 Å². The molecule has 2 N–H and O–H groups in total. The monoisotopic (exact) mass is 296 g/mol. The number of rotatable bonds is 6. The summed E-state index contributed by atoms with van der Waals surface area (Å²) < 4.78 is 5.46. The first-order chi connectivity index (χ1) is 9.72. The first kappa shape index (κ1) is 15.6. The maximum Gasteiger partial charge on any atom is 0.137 e. The van der Waals surface area contributed by atoms with Gasteiger partial charge in [0.05, 0.1) is 11.6 Å². The van der Waals surface area contributed by atoms with Gasteiger partial charge in [0.15, 0.2) is 0 Å². The van der Waals surface area contributed by atoms with Gasteiger partial charge in [-0.15, -0.1) is 0 Å². The van der Waals surface area contributed by atoms with E-state index in [-0.39, 0.29) is 0 Å². The van der Waals surface area contributed by atoms with E-state index in [0.717, 1.165) is 31.8 Å². The van der Waals surface area contributed by atoms with Crippen molar-refractivity contribution in [2.75, 3.05) is 32.8 Å². The molecule has 0 saturated carbocycles. The SMILES string of the molecule is CCOc1ccc(CCN2CCC[C@@H](CN)C2)cc1Cl. The van der Waals surface area contributed by atoms with Gasteiger partial charge in [-0.1, -0.05) is 17.7 Å². The zero-order valence-electron chi connectivity index (χ0n) is 12.3. The van der Waals surface area contributed by atoms with E-state index in [0.29, 0.717) is 17.5 Å². The average molecular weight is 297 g/mol. The number of nitrogens with zero attached hydrogens (tertiary/aromatic N) is 1. The van der Waals surface area contributed by atoms with Crippen molar-refractivity contribution in [2.24, 2.45) is 11.7 Å². The number of piperidine rings is 1. The summed E-state index contributed by atoms with van der Waals surface area (Å²) in [5.74, 6) is 1.45. The summed E-state index contributed by atoms with van der Waals surface area (Å²) in [6, 6.07) is 6.11. The normalized spacial score (nSPS) is 20.1. The maximum absolute atomic E-state index is 6.22. The van der Waals surface area contributed by atoms with E-state index in [2.05, 4.69) is 11.0 Å². The molecule has 0 bridgehead atoms. The summed E-state index contributed by atoms with van der Waals surface area (Å²) in [4.78, 5) is 2.52. The molecule has 0 spiro atoms. The molecule has 1 fully saturated rings. The minimum atomic E-state index is 0.646. The number of nitrogens with two attached hydrogens (primary N) is 1. The lowest BCUT2D eigenvalue weighted by Crippen LogP contribution is -2.39. The lowest BCUT2D eigenvalue weighted by Gasteiger charge is -2.32. The van der Waals surface area contributed by atoms with Crippen LogP contribution in [0.4, 0.5) is 0 Å². The molecule has 1 aliphatic rings. The van der Waals surface area contributed by atoms with Crippen molar-refractivity contribution in [1.82, 2.24) is 4.90 Å². The molecular formula is C16H25ClN2O. The van der Waals surface area contributed by atoms with Crippen LogP contribution in [-0.2, 0) is 6.42 Å². The van der Waals surface area contributed by atoms with Gasteiger partial charge < -0.3 is 15.4 Å². The Morgan fingerprint density at radius 2 is 2.30 bits per heavy atom. The molecule has 1 heterocycles. The zero-order chi connectivity index (χ0) is 14.4. The van der Waals surface area contributed by atoms with Gasteiger partial charge in [-0.05, 0) is 62.9 Å². The molecule has 1 saturated heterocycles. The van der Waals surface area contributed by atoms with E-state index < -0.39 is 0 Å². The Bertz CT molecular complexity index is 425. The molecule has 0 aliphatic carbocycles. The largest absolute Gasteiger partial charge is 0.492 e. The quantitative estimate of drug-likeness (QED) is 0.877. The highest BCUT2D eigenvalue weighted by Crippen LogP contribution is 2.26. The van der Waals surface area contributed by atoms with Gasteiger partial charge in [0, 0.05) is 13.1 Å². The summed E-state index contributed by atoms with van der Waals surface area (Å²) >= 11 is 6.22. The van der Waals surface area contributed by atoms with E-state index in [9.17, 15) is 0 Å². The van der Waals surface area contributed by atoms with Crippen LogP contribution in [0.25, 0.3) is 0 Å². The molecule has 0 unspecified atom stereocenters. The third kappa shape index (κ3) is 4.37. The van der Waals surface area contributed by atoms with Gasteiger partial charge in [0.1, 0.15) is 5.75 Å². The Morgan fingerprint density at radius 1 is 1.45 bits per heavy atom. The third-order valence-electron chi connectivity index (χ3n) is 3.95. The maximum atomic E-state index is 6.22. The molecule has 1 aromatic rings. The predicted molar refractivity (Wildman–Crippen MR) is 84.5 cm³/mol. The highest BCUT2D eigenvalue weighted by Gasteiger charge is 2.18. The highest BCUT2D eigenvalue weighted by molar-refractivity contribution is 6.32. The Hall–Kier alpha value is -0.770. The molecule has 2 rings (SSSR count). The average Bonchev–Trinajstić information content (AvgIpc) is 2.48. The van der Waals surface area contributed by atoms with Crippen LogP contribution in [0.5, 0.6) is 5.75 Å². The van der Waals surface area contributed by atoms with E-state index >= 15 is 0 Å². The summed E-state index contributed by atoms with van der Waals surface area (Å²) in [7, 11) is 0. The fourth-order valence-corrected chi connectivity index (χ4v) is 3.06. The molecule has 0 aromatic heterocycles. The summed E-state index contributed by atoms with van der Waals surface area (Å²) in [6.45, 7) is 6.84. The third-order valence-corrected chi connectivity index (χ3v) is 4.24. The summed E-state index contributed by atoms with van der Waals surface area (Å²) in [5.41, 5.74) is 7.05. The summed E-state index contributed by atoms with van der Waals surface area (Å²) in [5, 5.41) is 0.711. The molecule has 1 aromatic carbocycles. The van der Waals surface area contributed by atoms with Gasteiger partial charge >= 0.3 is 0 Å². The van der Waals surface area contributed by atoms with Crippen LogP contribution < -0.4 is 10.5 Å². The number of hydrogen-bond acceptors (Lipinski definition) is 3. The molecular weight excluding hydrogens is 272 g/mol. The number of hydrogen-bond donors (Lipinski definition) is 1. The highest BCUT2D eigenvalue weighted by atomic mass is 35.5. The minimum Gasteiger partial charge on any atom is -0.492 e. The lowest BCUT2D eigenvalue weighted by atomic mass is 9.98. The molecule has 4 heteroatoms. The number of halogens is 1. The fraction of sp³-hybridized carbons (Fsp3) is 0.625. The van der Waals surface area contributed by atoms with E-state index in [1.807, 2.05) is 19.1 Å². The van der Waals surface area contributed by atoms with Crippen LogP contribution in [0.15, 0.2) is 18.2 Å². The van der Waals surface area contributed by atoms with Crippen molar-refractivity contribution >= 4 is 11.6 Å². The van der Waals surface area contributed by atoms with Gasteiger partial charge in [0.2, 0.25) is 0 Å². The Labute approximate surface area is 127 Å². The number of ether oxygens (including phenoxy) is 1. The van der Waals surface area contributed by atoms with Crippen molar-refractivity contribution in [3.8, 4) is 5.75 Å². The van der Waals surface area contributed by atoms with E-state index in [4.69, 9.17) is 22.1 Å². The standard InChI is InChI=1S/C16H25ClN2O/c1-2-20-16-6-5-13(10-15(16)17)7-9-19-8-3-4-14(11-18)12-19/h5-6,10,14H,2-4,7-9,11-12,18H2,1H3/t14-/m0/s1. The summed E-state index contributed by atoms with van der Waals surface area (Å²) in [6.07, 6.45) is 3.58. The number of benzene rings is 1. The first-order valence-electron chi connectivity index (χ1n) is 7.56. The van der Waals surface area contributed by atoms with Crippen LogP contribution >= 0.6 is 11.6 Å².